The van der Waals surface area contributed by atoms with Crippen LogP contribution in [0.1, 0.15) is 11.3 Å². The van der Waals surface area contributed by atoms with Gasteiger partial charge in [0.2, 0.25) is 5.69 Å². The molecule has 0 radical (unpaired) electrons. The number of hydrogen-bond acceptors (Lipinski definition) is 0. The van der Waals surface area contributed by atoms with Gasteiger partial charge < -0.3 is 0 Å². The molecule has 0 saturated heterocycles. The molecule has 1 aromatic heterocycles. The lowest BCUT2D eigenvalue weighted by Crippen LogP contribution is -2.10. The zero-order valence-corrected chi connectivity index (χ0v) is 8.54. The Hall–Kier alpha value is -1.63. The Balaban J connectivity index is 2.55. The van der Waals surface area contributed by atoms with Gasteiger partial charge in [0, 0.05) is 24.6 Å². The smallest absolute Gasteiger partial charge is 0.209 e. The van der Waals surface area contributed by atoms with Crippen molar-refractivity contribution >= 4 is 0 Å². The van der Waals surface area contributed by atoms with Gasteiger partial charge in [0.05, 0.1) is 0 Å². The molecule has 0 bridgehead atoms. The Morgan fingerprint density at radius 2 is 1.64 bits per heavy atom. The summed E-state index contributed by atoms with van der Waals surface area (Å²) in [5, 5.41) is 0. The Kier molecular flexibility index (Phi) is 2.32. The second-order valence-corrected chi connectivity index (χ2v) is 3.56. The standard InChI is InChI=1S/C13H13N/c1-10-6-3-4-8-12(10)13-9-5-7-11(2)14-13/h3-9H,1-2H3/p+1. The Morgan fingerprint density at radius 3 is 2.36 bits per heavy atom. The van der Waals surface area contributed by atoms with Crippen molar-refractivity contribution in [3.05, 3.63) is 53.7 Å². The average Bonchev–Trinajstić information content (AvgIpc) is 2.18. The van der Waals surface area contributed by atoms with Crippen molar-refractivity contribution in [2.75, 3.05) is 0 Å². The molecular formula is C13H14N+. The van der Waals surface area contributed by atoms with E-state index in [0.717, 1.165) is 0 Å². The van der Waals surface area contributed by atoms with Crippen LogP contribution in [-0.2, 0) is 0 Å². The molecule has 2 aromatic rings. The van der Waals surface area contributed by atoms with Crippen LogP contribution in [0.5, 0.6) is 0 Å². The number of benzene rings is 1. The molecule has 2 rings (SSSR count). The molecule has 0 saturated carbocycles. The second kappa shape index (κ2) is 3.62. The molecule has 1 N–H and O–H groups in total. The van der Waals surface area contributed by atoms with E-state index in [1.165, 1.54) is 22.5 Å². The molecule has 0 aliphatic carbocycles. The highest BCUT2D eigenvalue weighted by atomic mass is 14.7. The van der Waals surface area contributed by atoms with E-state index >= 15 is 0 Å². The SMILES string of the molecule is Cc1cccc(-c2ccccc2C)[nH+]1. The number of aryl methyl sites for hydroxylation is 2. The van der Waals surface area contributed by atoms with Gasteiger partial charge >= 0.3 is 0 Å². The Bertz CT molecular complexity index is 446. The van der Waals surface area contributed by atoms with Crippen molar-refractivity contribution in [2.45, 2.75) is 13.8 Å². The summed E-state index contributed by atoms with van der Waals surface area (Å²) in [6.45, 7) is 4.20. The molecule has 0 amide bonds. The minimum atomic E-state index is 1.18. The monoisotopic (exact) mass is 184 g/mol. The van der Waals surface area contributed by atoms with Crippen LogP contribution in [0.3, 0.4) is 0 Å². The third-order valence-corrected chi connectivity index (χ3v) is 2.38. The molecule has 1 heteroatoms. The normalized spacial score (nSPS) is 10.1. The molecular weight excluding hydrogens is 170 g/mol. The molecule has 70 valence electrons. The van der Waals surface area contributed by atoms with E-state index < -0.39 is 0 Å². The maximum absolute atomic E-state index is 3.36. The summed E-state index contributed by atoms with van der Waals surface area (Å²) in [5.74, 6) is 0. The van der Waals surface area contributed by atoms with Gasteiger partial charge in [-0.1, -0.05) is 18.2 Å². The largest absolute Gasteiger partial charge is 0.211 e. The highest BCUT2D eigenvalue weighted by Gasteiger charge is 2.07. The van der Waals surface area contributed by atoms with Crippen LogP contribution >= 0.6 is 0 Å². The number of nitrogens with one attached hydrogen (secondary N) is 1. The molecule has 1 aromatic carbocycles. The fraction of sp³-hybridized carbons (Fsp3) is 0.154. The zero-order valence-electron chi connectivity index (χ0n) is 8.54. The van der Waals surface area contributed by atoms with E-state index in [4.69, 9.17) is 0 Å². The van der Waals surface area contributed by atoms with E-state index in [9.17, 15) is 0 Å². The van der Waals surface area contributed by atoms with Crippen molar-refractivity contribution in [2.24, 2.45) is 0 Å². The molecule has 0 atom stereocenters. The van der Waals surface area contributed by atoms with Gasteiger partial charge in [0.15, 0.2) is 5.69 Å². The van der Waals surface area contributed by atoms with Crippen LogP contribution in [0.4, 0.5) is 0 Å². The van der Waals surface area contributed by atoms with Crippen LogP contribution in [0, 0.1) is 13.8 Å². The summed E-state index contributed by atoms with van der Waals surface area (Å²) >= 11 is 0. The van der Waals surface area contributed by atoms with E-state index in [-0.39, 0.29) is 0 Å². The topological polar surface area (TPSA) is 14.1 Å². The Morgan fingerprint density at radius 1 is 0.857 bits per heavy atom. The molecule has 1 heterocycles. The minimum Gasteiger partial charge on any atom is -0.209 e. The molecule has 0 fully saturated rings. The lowest BCUT2D eigenvalue weighted by molar-refractivity contribution is -0.374. The predicted molar refractivity (Wildman–Crippen MR) is 57.9 cm³/mol. The van der Waals surface area contributed by atoms with Gasteiger partial charge in [0.25, 0.3) is 0 Å². The Labute approximate surface area is 84.4 Å². The molecule has 0 aliphatic rings. The second-order valence-electron chi connectivity index (χ2n) is 3.56. The molecule has 0 aliphatic heterocycles. The zero-order chi connectivity index (χ0) is 9.97. The third-order valence-electron chi connectivity index (χ3n) is 2.38. The summed E-state index contributed by atoms with van der Waals surface area (Å²) in [6, 6.07) is 14.7. The summed E-state index contributed by atoms with van der Waals surface area (Å²) < 4.78 is 0. The fourth-order valence-corrected chi connectivity index (χ4v) is 1.62. The first kappa shape index (κ1) is 8.95. The summed E-state index contributed by atoms with van der Waals surface area (Å²) in [7, 11) is 0. The number of rotatable bonds is 1. The van der Waals surface area contributed by atoms with E-state index in [2.05, 4.69) is 61.3 Å². The van der Waals surface area contributed by atoms with Crippen LogP contribution in [0.2, 0.25) is 0 Å². The summed E-state index contributed by atoms with van der Waals surface area (Å²) in [5.41, 5.74) is 4.94. The van der Waals surface area contributed by atoms with Crippen molar-refractivity contribution < 1.29 is 4.98 Å². The minimum absolute atomic E-state index is 1.18. The van der Waals surface area contributed by atoms with Crippen molar-refractivity contribution in [3.8, 4) is 11.3 Å². The first-order valence-corrected chi connectivity index (χ1v) is 4.82. The van der Waals surface area contributed by atoms with E-state index in [0.29, 0.717) is 0 Å². The van der Waals surface area contributed by atoms with Crippen LogP contribution in [0.15, 0.2) is 42.5 Å². The highest BCUT2D eigenvalue weighted by Crippen LogP contribution is 2.18. The first-order chi connectivity index (χ1) is 6.77. The quantitative estimate of drug-likeness (QED) is 0.647. The van der Waals surface area contributed by atoms with Crippen molar-refractivity contribution in [3.63, 3.8) is 0 Å². The van der Waals surface area contributed by atoms with E-state index in [1.807, 2.05) is 0 Å². The number of aromatic nitrogens is 1. The highest BCUT2D eigenvalue weighted by molar-refractivity contribution is 5.60. The maximum atomic E-state index is 3.36. The number of pyridine rings is 1. The van der Waals surface area contributed by atoms with Gasteiger partial charge in [-0.2, -0.15) is 0 Å². The number of aromatic amines is 1. The third kappa shape index (κ3) is 1.67. The molecule has 0 spiro atoms. The van der Waals surface area contributed by atoms with Gasteiger partial charge in [-0.15, -0.1) is 0 Å². The van der Waals surface area contributed by atoms with E-state index in [1.54, 1.807) is 0 Å². The molecule has 1 nitrogen and oxygen atoms in total. The van der Waals surface area contributed by atoms with Gasteiger partial charge in [-0.05, 0) is 24.6 Å². The predicted octanol–water partition coefficient (Wildman–Crippen LogP) is 2.78. The van der Waals surface area contributed by atoms with Crippen LogP contribution < -0.4 is 4.98 Å². The number of H-pyrrole nitrogens is 1. The summed E-state index contributed by atoms with van der Waals surface area (Å²) in [6.07, 6.45) is 0. The lowest BCUT2D eigenvalue weighted by atomic mass is 10.1. The van der Waals surface area contributed by atoms with Crippen molar-refractivity contribution in [1.82, 2.24) is 0 Å². The molecule has 0 unspecified atom stereocenters. The van der Waals surface area contributed by atoms with Crippen LogP contribution in [0.25, 0.3) is 11.3 Å². The van der Waals surface area contributed by atoms with Crippen molar-refractivity contribution in [1.29, 1.82) is 0 Å². The van der Waals surface area contributed by atoms with Gasteiger partial charge in [-0.25, -0.2) is 4.98 Å². The maximum Gasteiger partial charge on any atom is 0.211 e. The average molecular weight is 184 g/mol. The van der Waals surface area contributed by atoms with Gasteiger partial charge in [0.1, 0.15) is 0 Å². The summed E-state index contributed by atoms with van der Waals surface area (Å²) in [4.78, 5) is 3.36. The van der Waals surface area contributed by atoms with Gasteiger partial charge in [-0.3, -0.25) is 0 Å². The van der Waals surface area contributed by atoms with Crippen LogP contribution in [-0.4, -0.2) is 0 Å². The first-order valence-electron chi connectivity index (χ1n) is 4.82. The lowest BCUT2D eigenvalue weighted by Gasteiger charge is -1.99. The fourth-order valence-electron chi connectivity index (χ4n) is 1.62. The molecule has 14 heavy (non-hydrogen) atoms. The number of hydrogen-bond donors (Lipinski definition) is 0.